The minimum Gasteiger partial charge on any atom is -0.339 e. The lowest BCUT2D eigenvalue weighted by Gasteiger charge is -2.20. The van der Waals surface area contributed by atoms with Crippen molar-refractivity contribution in [2.45, 2.75) is 26.3 Å². The molecule has 2 N–H and O–H groups in total. The predicted molar refractivity (Wildman–Crippen MR) is 128 cm³/mol. The zero-order valence-corrected chi connectivity index (χ0v) is 19.0. The molecule has 0 fully saturated rings. The molecule has 1 heterocycles. The number of hydrogen-bond donors (Lipinski definition) is 2. The van der Waals surface area contributed by atoms with Crippen molar-refractivity contribution in [3.63, 3.8) is 0 Å². The van der Waals surface area contributed by atoms with Gasteiger partial charge in [0.25, 0.3) is 11.8 Å². The van der Waals surface area contributed by atoms with Gasteiger partial charge in [-0.05, 0) is 49.1 Å². The summed E-state index contributed by atoms with van der Waals surface area (Å²) in [5.41, 5.74) is 1.95. The summed E-state index contributed by atoms with van der Waals surface area (Å²) in [7, 11) is 0. The topological polar surface area (TPSA) is 78.5 Å². The molecule has 0 aliphatic heterocycles. The molecule has 3 amide bonds. The third-order valence-corrected chi connectivity index (χ3v) is 5.95. The molecule has 6 nitrogen and oxygen atoms in total. The van der Waals surface area contributed by atoms with E-state index in [9.17, 15) is 14.4 Å². The van der Waals surface area contributed by atoms with Crippen LogP contribution >= 0.6 is 11.3 Å². The second kappa shape index (κ2) is 11.2. The highest BCUT2D eigenvalue weighted by molar-refractivity contribution is 7.12. The van der Waals surface area contributed by atoms with Crippen LogP contribution in [0.25, 0.3) is 0 Å². The van der Waals surface area contributed by atoms with Gasteiger partial charge < -0.3 is 15.5 Å². The van der Waals surface area contributed by atoms with E-state index in [0.717, 1.165) is 5.56 Å². The summed E-state index contributed by atoms with van der Waals surface area (Å²) >= 11 is 1.32. The van der Waals surface area contributed by atoms with E-state index in [1.807, 2.05) is 49.6 Å². The molecular weight excluding hydrogens is 422 g/mol. The van der Waals surface area contributed by atoms with Gasteiger partial charge in [0.05, 0.1) is 4.88 Å². The molecule has 0 aliphatic carbocycles. The van der Waals surface area contributed by atoms with Crippen molar-refractivity contribution in [2.24, 2.45) is 0 Å². The van der Waals surface area contributed by atoms with E-state index in [4.69, 9.17) is 0 Å². The first-order valence-corrected chi connectivity index (χ1v) is 11.5. The molecule has 32 heavy (non-hydrogen) atoms. The predicted octanol–water partition coefficient (Wildman–Crippen LogP) is 4.21. The van der Waals surface area contributed by atoms with Gasteiger partial charge in [-0.15, -0.1) is 11.3 Å². The maximum atomic E-state index is 13.1. The Hall–Kier alpha value is -3.45. The van der Waals surface area contributed by atoms with Crippen LogP contribution in [0.4, 0.5) is 5.69 Å². The van der Waals surface area contributed by atoms with Crippen molar-refractivity contribution in [1.29, 1.82) is 0 Å². The van der Waals surface area contributed by atoms with Crippen molar-refractivity contribution < 1.29 is 14.4 Å². The molecule has 0 saturated carbocycles. The van der Waals surface area contributed by atoms with Gasteiger partial charge >= 0.3 is 0 Å². The van der Waals surface area contributed by atoms with Crippen molar-refractivity contribution in [3.05, 3.63) is 88.1 Å². The van der Waals surface area contributed by atoms with Gasteiger partial charge in [0.1, 0.15) is 6.04 Å². The third kappa shape index (κ3) is 6.04. The van der Waals surface area contributed by atoms with Gasteiger partial charge in [0, 0.05) is 30.8 Å². The van der Waals surface area contributed by atoms with E-state index in [1.54, 1.807) is 41.3 Å². The standard InChI is InChI=1S/C25H27N3O3S/c1-3-28(4-2)25(31)19-12-8-13-20(17-19)26-23(29)21(16-18-10-6-5-7-11-18)27-24(30)22-14-9-15-32-22/h5-15,17,21H,3-4,16H2,1-2H3,(H,26,29)(H,27,30)/t21-/m1/s1. The minimum atomic E-state index is -0.769. The summed E-state index contributed by atoms with van der Waals surface area (Å²) in [6.45, 7) is 5.08. The highest BCUT2D eigenvalue weighted by Crippen LogP contribution is 2.15. The number of carbonyl (C=O) groups is 3. The SMILES string of the molecule is CCN(CC)C(=O)c1cccc(NC(=O)[C@@H](Cc2ccccc2)NC(=O)c2cccs2)c1. The van der Waals surface area contributed by atoms with Crippen LogP contribution in [0.15, 0.2) is 72.1 Å². The first-order valence-electron chi connectivity index (χ1n) is 10.6. The van der Waals surface area contributed by atoms with Gasteiger partial charge in [0.2, 0.25) is 5.91 Å². The van der Waals surface area contributed by atoms with Crippen LogP contribution in [0.5, 0.6) is 0 Å². The average Bonchev–Trinajstić information content (AvgIpc) is 3.35. The van der Waals surface area contributed by atoms with Crippen molar-refractivity contribution in [1.82, 2.24) is 10.2 Å². The summed E-state index contributed by atoms with van der Waals surface area (Å²) in [5.74, 6) is -0.717. The highest BCUT2D eigenvalue weighted by Gasteiger charge is 2.23. The number of thiophene rings is 1. The largest absolute Gasteiger partial charge is 0.339 e. The summed E-state index contributed by atoms with van der Waals surface area (Å²) < 4.78 is 0. The van der Waals surface area contributed by atoms with Crippen LogP contribution in [-0.4, -0.2) is 41.8 Å². The number of amides is 3. The normalized spacial score (nSPS) is 11.4. The fourth-order valence-corrected chi connectivity index (χ4v) is 3.98. The molecular formula is C25H27N3O3S. The Morgan fingerprint density at radius 2 is 1.69 bits per heavy atom. The van der Waals surface area contributed by atoms with Crippen LogP contribution in [0, 0.1) is 0 Å². The van der Waals surface area contributed by atoms with E-state index in [0.29, 0.717) is 35.6 Å². The van der Waals surface area contributed by atoms with Gasteiger partial charge in [-0.2, -0.15) is 0 Å². The number of anilines is 1. The number of rotatable bonds is 9. The molecule has 0 saturated heterocycles. The van der Waals surface area contributed by atoms with Crippen molar-refractivity contribution >= 4 is 34.7 Å². The second-order valence-electron chi connectivity index (χ2n) is 7.24. The summed E-state index contributed by atoms with van der Waals surface area (Å²) in [6, 6.07) is 19.2. The summed E-state index contributed by atoms with van der Waals surface area (Å²) in [4.78, 5) is 40.7. The van der Waals surface area contributed by atoms with Crippen molar-refractivity contribution in [3.8, 4) is 0 Å². The number of hydrogen-bond acceptors (Lipinski definition) is 4. The Balaban J connectivity index is 1.78. The lowest BCUT2D eigenvalue weighted by molar-refractivity contribution is -0.118. The van der Waals surface area contributed by atoms with Crippen LogP contribution in [0.1, 0.15) is 39.4 Å². The first-order chi connectivity index (χ1) is 15.5. The molecule has 1 aromatic heterocycles. The molecule has 0 bridgehead atoms. The van der Waals surface area contributed by atoms with E-state index in [1.165, 1.54) is 11.3 Å². The van der Waals surface area contributed by atoms with E-state index in [2.05, 4.69) is 10.6 Å². The quantitative estimate of drug-likeness (QED) is 0.514. The summed E-state index contributed by atoms with van der Waals surface area (Å²) in [5, 5.41) is 7.53. The fourth-order valence-electron chi connectivity index (χ4n) is 3.35. The molecule has 0 unspecified atom stereocenters. The lowest BCUT2D eigenvalue weighted by Crippen LogP contribution is -2.45. The molecule has 1 atom stereocenters. The molecule has 166 valence electrons. The van der Waals surface area contributed by atoms with Crippen molar-refractivity contribution in [2.75, 3.05) is 18.4 Å². The van der Waals surface area contributed by atoms with E-state index >= 15 is 0 Å². The smallest absolute Gasteiger partial charge is 0.262 e. The van der Waals surface area contributed by atoms with Gasteiger partial charge in [-0.25, -0.2) is 0 Å². The summed E-state index contributed by atoms with van der Waals surface area (Å²) in [6.07, 6.45) is 0.349. The van der Waals surface area contributed by atoms with Gasteiger partial charge in [-0.3, -0.25) is 14.4 Å². The van der Waals surface area contributed by atoms with Crippen LogP contribution in [-0.2, 0) is 11.2 Å². The number of benzene rings is 2. The molecule has 0 spiro atoms. The number of carbonyl (C=O) groups excluding carboxylic acids is 3. The van der Waals surface area contributed by atoms with Crippen LogP contribution in [0.3, 0.4) is 0 Å². The Labute approximate surface area is 192 Å². The van der Waals surface area contributed by atoms with Crippen LogP contribution in [0.2, 0.25) is 0 Å². The highest BCUT2D eigenvalue weighted by atomic mass is 32.1. The zero-order chi connectivity index (χ0) is 22.9. The molecule has 3 rings (SSSR count). The maximum Gasteiger partial charge on any atom is 0.262 e. The Morgan fingerprint density at radius 1 is 0.938 bits per heavy atom. The third-order valence-electron chi connectivity index (χ3n) is 5.08. The zero-order valence-electron chi connectivity index (χ0n) is 18.2. The van der Waals surface area contributed by atoms with Gasteiger partial charge in [0.15, 0.2) is 0 Å². The monoisotopic (exact) mass is 449 g/mol. The van der Waals surface area contributed by atoms with E-state index in [-0.39, 0.29) is 17.7 Å². The maximum absolute atomic E-state index is 13.1. The Morgan fingerprint density at radius 3 is 2.34 bits per heavy atom. The Kier molecular flexibility index (Phi) is 8.16. The molecule has 0 aliphatic rings. The molecule has 7 heteroatoms. The number of nitrogens with one attached hydrogen (secondary N) is 2. The van der Waals surface area contributed by atoms with Gasteiger partial charge in [-0.1, -0.05) is 42.5 Å². The first kappa shape index (κ1) is 23.2. The molecule has 2 aromatic carbocycles. The minimum absolute atomic E-state index is 0.0852. The fraction of sp³-hybridized carbons (Fsp3) is 0.240. The number of nitrogens with zero attached hydrogens (tertiary/aromatic N) is 1. The second-order valence-corrected chi connectivity index (χ2v) is 8.19. The lowest BCUT2D eigenvalue weighted by atomic mass is 10.0. The molecule has 3 aromatic rings. The Bertz CT molecular complexity index is 1050. The average molecular weight is 450 g/mol. The van der Waals surface area contributed by atoms with E-state index < -0.39 is 6.04 Å². The van der Waals surface area contributed by atoms with Crippen LogP contribution < -0.4 is 10.6 Å². The molecule has 0 radical (unpaired) electrons.